The molecule has 1 fully saturated rings. The van der Waals surface area contributed by atoms with E-state index in [0.717, 1.165) is 25.9 Å². The number of hydrogen-bond donors (Lipinski definition) is 2. The van der Waals surface area contributed by atoms with Crippen LogP contribution in [0.3, 0.4) is 0 Å². The Morgan fingerprint density at radius 3 is 2.26 bits per heavy atom. The smallest absolute Gasteiger partial charge is 0.224 e. The van der Waals surface area contributed by atoms with E-state index in [0.29, 0.717) is 25.9 Å². The Hall–Kier alpha value is -1.10. The fraction of sp³-hybridized carbons (Fsp3) is 0.857. The van der Waals surface area contributed by atoms with Crippen molar-refractivity contribution in [2.75, 3.05) is 26.2 Å². The van der Waals surface area contributed by atoms with Gasteiger partial charge in [-0.1, -0.05) is 0 Å². The molecule has 110 valence electrons. The molecule has 1 rings (SSSR count). The molecule has 1 heterocycles. The highest BCUT2D eigenvalue weighted by Gasteiger charge is 2.17. The summed E-state index contributed by atoms with van der Waals surface area (Å²) >= 11 is 0. The number of rotatable bonds is 6. The van der Waals surface area contributed by atoms with Crippen molar-refractivity contribution >= 4 is 11.8 Å². The first-order valence-corrected chi connectivity index (χ1v) is 7.18. The molecule has 19 heavy (non-hydrogen) atoms. The maximum absolute atomic E-state index is 11.7. The Morgan fingerprint density at radius 2 is 1.68 bits per heavy atom. The predicted molar refractivity (Wildman–Crippen MR) is 75.8 cm³/mol. The van der Waals surface area contributed by atoms with Crippen LogP contribution < -0.4 is 10.6 Å². The average Bonchev–Trinajstić information content (AvgIpc) is 2.80. The van der Waals surface area contributed by atoms with Crippen LogP contribution in [0.5, 0.6) is 0 Å². The maximum Gasteiger partial charge on any atom is 0.224 e. The highest BCUT2D eigenvalue weighted by Crippen LogP contribution is 2.08. The summed E-state index contributed by atoms with van der Waals surface area (Å²) in [4.78, 5) is 25.2. The molecular weight excluding hydrogens is 242 g/mol. The number of likely N-dealkylation sites (tertiary alicyclic amines) is 1. The second kappa shape index (κ2) is 7.48. The third kappa shape index (κ3) is 7.15. The molecule has 0 aliphatic carbocycles. The van der Waals surface area contributed by atoms with Crippen LogP contribution >= 0.6 is 0 Å². The molecule has 2 amide bonds. The van der Waals surface area contributed by atoms with Gasteiger partial charge in [0.05, 0.1) is 0 Å². The first-order chi connectivity index (χ1) is 8.88. The molecule has 0 aromatic carbocycles. The second-order valence-electron chi connectivity index (χ2n) is 6.11. The molecule has 0 spiro atoms. The molecule has 0 saturated carbocycles. The predicted octanol–water partition coefficient (Wildman–Crippen LogP) is 0.893. The van der Waals surface area contributed by atoms with E-state index < -0.39 is 0 Å². The highest BCUT2D eigenvalue weighted by atomic mass is 16.2. The fourth-order valence-corrected chi connectivity index (χ4v) is 2.07. The number of nitrogens with one attached hydrogen (secondary N) is 2. The third-order valence-corrected chi connectivity index (χ3v) is 3.13. The number of amides is 2. The third-order valence-electron chi connectivity index (χ3n) is 3.13. The van der Waals surface area contributed by atoms with Crippen LogP contribution in [-0.2, 0) is 9.59 Å². The topological polar surface area (TPSA) is 61.4 Å². The SMILES string of the molecule is CC(C)(C)NCCC(=O)NCCC(=O)N1CCCC1. The number of hydrogen-bond acceptors (Lipinski definition) is 3. The summed E-state index contributed by atoms with van der Waals surface area (Å²) in [5.74, 6) is 0.164. The fourth-order valence-electron chi connectivity index (χ4n) is 2.07. The van der Waals surface area contributed by atoms with E-state index in [-0.39, 0.29) is 17.4 Å². The lowest BCUT2D eigenvalue weighted by atomic mass is 10.1. The highest BCUT2D eigenvalue weighted by molar-refractivity contribution is 5.79. The minimum atomic E-state index is 0.00553. The summed E-state index contributed by atoms with van der Waals surface area (Å²) in [6, 6.07) is 0. The van der Waals surface area contributed by atoms with Crippen molar-refractivity contribution < 1.29 is 9.59 Å². The van der Waals surface area contributed by atoms with E-state index in [4.69, 9.17) is 0 Å². The van der Waals surface area contributed by atoms with Crippen molar-refractivity contribution in [3.05, 3.63) is 0 Å². The number of nitrogens with zero attached hydrogens (tertiary/aromatic N) is 1. The second-order valence-corrected chi connectivity index (χ2v) is 6.11. The quantitative estimate of drug-likeness (QED) is 0.753. The van der Waals surface area contributed by atoms with Crippen LogP contribution in [0.4, 0.5) is 0 Å². The zero-order valence-electron chi connectivity index (χ0n) is 12.4. The van der Waals surface area contributed by atoms with Gasteiger partial charge < -0.3 is 15.5 Å². The summed E-state index contributed by atoms with van der Waals surface area (Å²) in [6.45, 7) is 9.07. The molecule has 1 saturated heterocycles. The summed E-state index contributed by atoms with van der Waals surface area (Å²) in [5.41, 5.74) is 0.0337. The Labute approximate surface area is 116 Å². The van der Waals surface area contributed by atoms with Gasteiger partial charge in [0, 0.05) is 44.6 Å². The van der Waals surface area contributed by atoms with E-state index in [1.54, 1.807) is 0 Å². The molecular formula is C14H27N3O2. The first kappa shape index (κ1) is 16.0. The van der Waals surface area contributed by atoms with Gasteiger partial charge in [-0.25, -0.2) is 0 Å². The van der Waals surface area contributed by atoms with Crippen LogP contribution in [0.15, 0.2) is 0 Å². The lowest BCUT2D eigenvalue weighted by Gasteiger charge is -2.20. The van der Waals surface area contributed by atoms with Crippen LogP contribution in [0.25, 0.3) is 0 Å². The van der Waals surface area contributed by atoms with E-state index in [1.807, 2.05) is 4.90 Å². The van der Waals surface area contributed by atoms with Crippen molar-refractivity contribution in [2.45, 2.75) is 52.0 Å². The number of carbonyl (C=O) groups excluding carboxylic acids is 2. The molecule has 5 nitrogen and oxygen atoms in total. The van der Waals surface area contributed by atoms with E-state index in [9.17, 15) is 9.59 Å². The van der Waals surface area contributed by atoms with Gasteiger partial charge in [-0.15, -0.1) is 0 Å². The summed E-state index contributed by atoms with van der Waals surface area (Å²) < 4.78 is 0. The molecule has 0 aromatic heterocycles. The van der Waals surface area contributed by atoms with Gasteiger partial charge in [-0.3, -0.25) is 9.59 Å². The molecule has 0 bridgehead atoms. The maximum atomic E-state index is 11.7. The molecule has 0 atom stereocenters. The van der Waals surface area contributed by atoms with Gasteiger partial charge in [0.25, 0.3) is 0 Å². The molecule has 0 aromatic rings. The standard InChI is InChI=1S/C14H27N3O2/c1-14(2,3)16-9-6-12(18)15-8-7-13(19)17-10-4-5-11-17/h16H,4-11H2,1-3H3,(H,15,18). The van der Waals surface area contributed by atoms with Crippen molar-refractivity contribution in [3.8, 4) is 0 Å². The van der Waals surface area contributed by atoms with Crippen molar-refractivity contribution in [1.82, 2.24) is 15.5 Å². The normalized spacial score (nSPS) is 15.6. The Morgan fingerprint density at radius 1 is 1.05 bits per heavy atom. The van der Waals surface area contributed by atoms with E-state index in [1.165, 1.54) is 0 Å². The van der Waals surface area contributed by atoms with Gasteiger partial charge in [0.1, 0.15) is 0 Å². The molecule has 2 N–H and O–H groups in total. The summed E-state index contributed by atoms with van der Waals surface area (Å²) in [6.07, 6.45) is 3.08. The molecule has 0 radical (unpaired) electrons. The molecule has 5 heteroatoms. The first-order valence-electron chi connectivity index (χ1n) is 7.18. The number of carbonyl (C=O) groups is 2. The van der Waals surface area contributed by atoms with Crippen LogP contribution in [0, 0.1) is 0 Å². The average molecular weight is 269 g/mol. The Kier molecular flexibility index (Phi) is 6.28. The zero-order chi connectivity index (χ0) is 14.3. The molecule has 1 aliphatic heterocycles. The van der Waals surface area contributed by atoms with Crippen molar-refractivity contribution in [2.24, 2.45) is 0 Å². The lowest BCUT2D eigenvalue weighted by Crippen LogP contribution is -2.39. The van der Waals surface area contributed by atoms with Crippen LogP contribution in [0.1, 0.15) is 46.5 Å². The minimum absolute atomic E-state index is 0.00553. The van der Waals surface area contributed by atoms with Gasteiger partial charge in [0.2, 0.25) is 11.8 Å². The summed E-state index contributed by atoms with van der Waals surface area (Å²) in [5, 5.41) is 6.06. The van der Waals surface area contributed by atoms with E-state index >= 15 is 0 Å². The van der Waals surface area contributed by atoms with E-state index in [2.05, 4.69) is 31.4 Å². The summed E-state index contributed by atoms with van der Waals surface area (Å²) in [7, 11) is 0. The van der Waals surface area contributed by atoms with Gasteiger partial charge >= 0.3 is 0 Å². The van der Waals surface area contributed by atoms with Gasteiger partial charge in [-0.2, -0.15) is 0 Å². The minimum Gasteiger partial charge on any atom is -0.356 e. The molecule has 1 aliphatic rings. The Balaban J connectivity index is 2.05. The van der Waals surface area contributed by atoms with Crippen molar-refractivity contribution in [1.29, 1.82) is 0 Å². The molecule has 0 unspecified atom stereocenters. The van der Waals surface area contributed by atoms with Gasteiger partial charge in [-0.05, 0) is 33.6 Å². The van der Waals surface area contributed by atoms with Gasteiger partial charge in [0.15, 0.2) is 0 Å². The monoisotopic (exact) mass is 269 g/mol. The van der Waals surface area contributed by atoms with Crippen LogP contribution in [0.2, 0.25) is 0 Å². The largest absolute Gasteiger partial charge is 0.356 e. The van der Waals surface area contributed by atoms with Crippen LogP contribution in [-0.4, -0.2) is 48.4 Å². The van der Waals surface area contributed by atoms with Crippen molar-refractivity contribution in [3.63, 3.8) is 0 Å². The Bertz CT molecular complexity index is 304. The lowest BCUT2D eigenvalue weighted by molar-refractivity contribution is -0.130. The zero-order valence-corrected chi connectivity index (χ0v) is 12.4.